The van der Waals surface area contributed by atoms with Gasteiger partial charge in [-0.3, -0.25) is 9.59 Å². The first-order valence-electron chi connectivity index (χ1n) is 11.1. The number of carbonyl (C=O) groups excluding carboxylic acids is 2. The van der Waals surface area contributed by atoms with Gasteiger partial charge in [-0.2, -0.15) is 0 Å². The van der Waals surface area contributed by atoms with Crippen LogP contribution in [0.5, 0.6) is 0 Å². The summed E-state index contributed by atoms with van der Waals surface area (Å²) in [5.41, 5.74) is 0.213. The molecule has 4 saturated carbocycles. The van der Waals surface area contributed by atoms with Gasteiger partial charge in [-0.25, -0.2) is 4.39 Å². The number of halogens is 1. The number of rotatable bonds is 6. The number of hydrogen-bond acceptors (Lipinski definition) is 2. The van der Waals surface area contributed by atoms with Crippen LogP contribution in [0.25, 0.3) is 0 Å². The van der Waals surface area contributed by atoms with E-state index in [4.69, 9.17) is 0 Å². The highest BCUT2D eigenvalue weighted by atomic mass is 19.1. The molecule has 0 heterocycles. The van der Waals surface area contributed by atoms with E-state index in [9.17, 15) is 14.0 Å². The van der Waals surface area contributed by atoms with Crippen LogP contribution >= 0.6 is 0 Å². The Morgan fingerprint density at radius 1 is 1.10 bits per heavy atom. The van der Waals surface area contributed by atoms with Crippen molar-refractivity contribution in [1.82, 2.24) is 10.2 Å². The summed E-state index contributed by atoms with van der Waals surface area (Å²) in [6.45, 7) is 4.11. The molecule has 158 valence electrons. The van der Waals surface area contributed by atoms with Crippen molar-refractivity contribution >= 4 is 11.8 Å². The minimum absolute atomic E-state index is 0.0246. The third-order valence-electron chi connectivity index (χ3n) is 7.48. The van der Waals surface area contributed by atoms with Crippen molar-refractivity contribution in [3.63, 3.8) is 0 Å². The monoisotopic (exact) mass is 400 g/mol. The van der Waals surface area contributed by atoms with Gasteiger partial charge in [-0.15, -0.1) is 0 Å². The number of carbonyl (C=O) groups is 2. The summed E-state index contributed by atoms with van der Waals surface area (Å²) < 4.78 is 14.0. The SMILES string of the molecule is CC(C)[C@@H](NC(=O)C12CC3CC(CC(C3)C1)C2)C(=O)N(C)Cc1ccccc1F. The predicted octanol–water partition coefficient (Wildman–Crippen LogP) is 4.14. The molecule has 0 aliphatic heterocycles. The van der Waals surface area contributed by atoms with Gasteiger partial charge in [0.2, 0.25) is 11.8 Å². The van der Waals surface area contributed by atoms with Crippen molar-refractivity contribution in [2.24, 2.45) is 29.1 Å². The number of likely N-dealkylation sites (N-methyl/N-ethyl adjacent to an activating group) is 1. The Labute approximate surface area is 173 Å². The molecule has 1 N–H and O–H groups in total. The molecule has 0 spiro atoms. The summed E-state index contributed by atoms with van der Waals surface area (Å²) >= 11 is 0. The summed E-state index contributed by atoms with van der Waals surface area (Å²) in [4.78, 5) is 28.1. The van der Waals surface area contributed by atoms with E-state index in [1.165, 1.54) is 30.2 Å². The molecule has 0 aromatic heterocycles. The molecule has 5 rings (SSSR count). The van der Waals surface area contributed by atoms with Crippen molar-refractivity contribution in [3.05, 3.63) is 35.6 Å². The van der Waals surface area contributed by atoms with Crippen LogP contribution in [-0.2, 0) is 16.1 Å². The van der Waals surface area contributed by atoms with E-state index in [2.05, 4.69) is 5.32 Å². The summed E-state index contributed by atoms with van der Waals surface area (Å²) in [6.07, 6.45) is 6.79. The van der Waals surface area contributed by atoms with E-state index in [0.29, 0.717) is 23.3 Å². The molecule has 5 heteroatoms. The quantitative estimate of drug-likeness (QED) is 0.780. The van der Waals surface area contributed by atoms with E-state index < -0.39 is 6.04 Å². The Bertz CT molecular complexity index is 756. The van der Waals surface area contributed by atoms with E-state index in [-0.39, 0.29) is 35.5 Å². The summed E-state index contributed by atoms with van der Waals surface area (Å²) in [7, 11) is 1.68. The van der Waals surface area contributed by atoms with Gasteiger partial charge < -0.3 is 10.2 Å². The zero-order valence-electron chi connectivity index (χ0n) is 17.8. The van der Waals surface area contributed by atoms with Gasteiger partial charge in [-0.05, 0) is 68.3 Å². The largest absolute Gasteiger partial charge is 0.344 e. The molecule has 29 heavy (non-hydrogen) atoms. The van der Waals surface area contributed by atoms with Crippen molar-refractivity contribution in [1.29, 1.82) is 0 Å². The van der Waals surface area contributed by atoms with E-state index in [0.717, 1.165) is 19.3 Å². The van der Waals surface area contributed by atoms with Crippen molar-refractivity contribution in [3.8, 4) is 0 Å². The first kappa shape index (κ1) is 20.4. The molecule has 4 bridgehead atoms. The lowest BCUT2D eigenvalue weighted by atomic mass is 9.49. The first-order chi connectivity index (χ1) is 13.8. The first-order valence-corrected chi connectivity index (χ1v) is 11.1. The topological polar surface area (TPSA) is 49.4 Å². The standard InChI is InChI=1S/C24H33FN2O2/c1-15(2)21(22(28)27(3)14-19-6-4-5-7-20(19)25)26-23(29)24-11-16-8-17(12-24)10-18(9-16)13-24/h4-7,15-18,21H,8-14H2,1-3H3,(H,26,29)/t16?,17?,18?,21-,24?/m1/s1. The van der Waals surface area contributed by atoms with E-state index >= 15 is 0 Å². The average molecular weight is 401 g/mol. The highest BCUT2D eigenvalue weighted by Gasteiger charge is 2.55. The van der Waals surface area contributed by atoms with E-state index in [1.807, 2.05) is 13.8 Å². The maximum Gasteiger partial charge on any atom is 0.245 e. The van der Waals surface area contributed by atoms with Crippen LogP contribution < -0.4 is 5.32 Å². The fraction of sp³-hybridized carbons (Fsp3) is 0.667. The molecule has 0 saturated heterocycles. The Kier molecular flexibility index (Phi) is 5.43. The molecule has 4 aliphatic carbocycles. The van der Waals surface area contributed by atoms with Crippen LogP contribution in [0.3, 0.4) is 0 Å². The zero-order chi connectivity index (χ0) is 20.8. The number of amides is 2. The molecular formula is C24H33FN2O2. The second-order valence-electron chi connectivity index (χ2n) is 10.2. The molecule has 0 unspecified atom stereocenters. The molecule has 4 nitrogen and oxygen atoms in total. The average Bonchev–Trinajstić information content (AvgIpc) is 2.65. The third kappa shape index (κ3) is 3.93. The molecule has 2 amide bonds. The molecule has 1 aromatic carbocycles. The van der Waals surface area contributed by atoms with Gasteiger partial charge >= 0.3 is 0 Å². The van der Waals surface area contributed by atoms with Crippen LogP contribution in [0, 0.1) is 34.9 Å². The second kappa shape index (κ2) is 7.73. The number of hydrogen-bond donors (Lipinski definition) is 1. The zero-order valence-corrected chi connectivity index (χ0v) is 17.8. The van der Waals surface area contributed by atoms with Gasteiger partial charge in [0.1, 0.15) is 11.9 Å². The Balaban J connectivity index is 1.45. The maximum atomic E-state index is 14.0. The summed E-state index contributed by atoms with van der Waals surface area (Å²) in [5.74, 6) is 1.63. The Morgan fingerprint density at radius 2 is 1.66 bits per heavy atom. The van der Waals surface area contributed by atoms with Crippen LogP contribution in [0.4, 0.5) is 4.39 Å². The van der Waals surface area contributed by atoms with E-state index in [1.54, 1.807) is 25.2 Å². The summed E-state index contributed by atoms with van der Waals surface area (Å²) in [6, 6.07) is 5.93. The molecule has 4 aliphatic rings. The molecule has 4 fully saturated rings. The van der Waals surface area contributed by atoms with Crippen molar-refractivity contribution in [2.75, 3.05) is 7.05 Å². The Hall–Kier alpha value is -1.91. The lowest BCUT2D eigenvalue weighted by Gasteiger charge is -2.56. The lowest BCUT2D eigenvalue weighted by Crippen LogP contribution is -2.58. The van der Waals surface area contributed by atoms with Crippen LogP contribution in [0.15, 0.2) is 24.3 Å². The van der Waals surface area contributed by atoms with Crippen molar-refractivity contribution < 1.29 is 14.0 Å². The number of nitrogens with zero attached hydrogens (tertiary/aromatic N) is 1. The minimum Gasteiger partial charge on any atom is -0.344 e. The van der Waals surface area contributed by atoms with Gasteiger partial charge in [0, 0.05) is 24.6 Å². The third-order valence-corrected chi connectivity index (χ3v) is 7.48. The minimum atomic E-state index is -0.577. The second-order valence-corrected chi connectivity index (χ2v) is 10.2. The Morgan fingerprint density at radius 3 is 2.17 bits per heavy atom. The molecule has 0 radical (unpaired) electrons. The number of nitrogens with one attached hydrogen (secondary N) is 1. The highest BCUT2D eigenvalue weighted by Crippen LogP contribution is 2.60. The van der Waals surface area contributed by atoms with Crippen LogP contribution in [0.1, 0.15) is 57.9 Å². The molecule has 1 atom stereocenters. The van der Waals surface area contributed by atoms with Crippen LogP contribution in [-0.4, -0.2) is 29.8 Å². The smallest absolute Gasteiger partial charge is 0.245 e. The van der Waals surface area contributed by atoms with Gasteiger partial charge in [0.15, 0.2) is 0 Å². The predicted molar refractivity (Wildman–Crippen MR) is 110 cm³/mol. The normalized spacial score (nSPS) is 31.0. The summed E-state index contributed by atoms with van der Waals surface area (Å²) in [5, 5.41) is 3.13. The van der Waals surface area contributed by atoms with Gasteiger partial charge in [0.05, 0.1) is 0 Å². The highest BCUT2D eigenvalue weighted by molar-refractivity contribution is 5.90. The van der Waals surface area contributed by atoms with Gasteiger partial charge in [-0.1, -0.05) is 32.0 Å². The number of benzene rings is 1. The fourth-order valence-electron chi connectivity index (χ4n) is 6.39. The fourth-order valence-corrected chi connectivity index (χ4v) is 6.39. The molecule has 1 aromatic rings. The lowest BCUT2D eigenvalue weighted by molar-refractivity contribution is -0.150. The van der Waals surface area contributed by atoms with Crippen molar-refractivity contribution in [2.45, 2.75) is 65.0 Å². The van der Waals surface area contributed by atoms with Crippen LogP contribution in [0.2, 0.25) is 0 Å². The molecular weight excluding hydrogens is 367 g/mol. The maximum absolute atomic E-state index is 14.0. The van der Waals surface area contributed by atoms with Gasteiger partial charge in [0.25, 0.3) is 0 Å².